The fraction of sp³-hybridized carbons (Fsp3) is 0.143. The van der Waals surface area contributed by atoms with Gasteiger partial charge in [-0.2, -0.15) is 0 Å². The van der Waals surface area contributed by atoms with Gasteiger partial charge in [-0.3, -0.25) is 0 Å². The minimum Gasteiger partial charge on any atom is -0.478 e. The highest BCUT2D eigenvalue weighted by Gasteiger charge is 2.08. The van der Waals surface area contributed by atoms with Crippen molar-refractivity contribution in [3.05, 3.63) is 52.6 Å². The highest BCUT2D eigenvalue weighted by Crippen LogP contribution is 2.24. The molecule has 0 atom stereocenters. The molecule has 2 rings (SSSR count). The summed E-state index contributed by atoms with van der Waals surface area (Å²) < 4.78 is 1.91. The largest absolute Gasteiger partial charge is 0.478 e. The molecular weight excluding hydrogens is 264 g/mol. The number of carbonyl (C=O) groups is 1. The predicted octanol–water partition coefficient (Wildman–Crippen LogP) is 3.24. The van der Waals surface area contributed by atoms with E-state index in [-0.39, 0.29) is 0 Å². The van der Waals surface area contributed by atoms with Gasteiger partial charge >= 0.3 is 5.97 Å². The van der Waals surface area contributed by atoms with Crippen LogP contribution in [0, 0.1) is 13.8 Å². The van der Waals surface area contributed by atoms with Crippen molar-refractivity contribution < 1.29 is 9.90 Å². The van der Waals surface area contributed by atoms with Crippen molar-refractivity contribution in [1.29, 1.82) is 0 Å². The van der Waals surface area contributed by atoms with Crippen LogP contribution in [0.2, 0.25) is 5.02 Å². The zero-order chi connectivity index (χ0) is 14.0. The molecule has 2 aromatic rings. The lowest BCUT2D eigenvalue weighted by atomic mass is 10.2. The Kier molecular flexibility index (Phi) is 3.71. The first kappa shape index (κ1) is 13.4. The lowest BCUT2D eigenvalue weighted by molar-refractivity contribution is -0.131. The number of carboxylic acids is 1. The molecule has 0 radical (unpaired) electrons. The second kappa shape index (κ2) is 5.28. The van der Waals surface area contributed by atoms with E-state index in [2.05, 4.69) is 4.98 Å². The molecule has 0 bridgehead atoms. The summed E-state index contributed by atoms with van der Waals surface area (Å²) in [6, 6.07) is 5.39. The Labute approximate surface area is 116 Å². The van der Waals surface area contributed by atoms with Crippen molar-refractivity contribution in [2.45, 2.75) is 13.8 Å². The van der Waals surface area contributed by atoms with Gasteiger partial charge in [0.25, 0.3) is 0 Å². The Morgan fingerprint density at radius 2 is 2.16 bits per heavy atom. The molecule has 0 unspecified atom stereocenters. The van der Waals surface area contributed by atoms with Crippen LogP contribution < -0.4 is 0 Å². The summed E-state index contributed by atoms with van der Waals surface area (Å²) in [4.78, 5) is 14.7. The molecule has 0 saturated heterocycles. The highest BCUT2D eigenvalue weighted by atomic mass is 35.5. The molecule has 0 saturated carbocycles. The zero-order valence-corrected chi connectivity index (χ0v) is 11.3. The van der Waals surface area contributed by atoms with Crippen LogP contribution in [0.25, 0.3) is 11.8 Å². The molecule has 5 heteroatoms. The normalized spacial score (nSPS) is 11.1. The number of hydrogen-bond acceptors (Lipinski definition) is 2. The van der Waals surface area contributed by atoms with Crippen molar-refractivity contribution in [2.24, 2.45) is 0 Å². The van der Waals surface area contributed by atoms with Gasteiger partial charge in [-0.25, -0.2) is 9.78 Å². The van der Waals surface area contributed by atoms with Gasteiger partial charge in [0.05, 0.1) is 22.7 Å². The van der Waals surface area contributed by atoms with E-state index in [1.54, 1.807) is 12.4 Å². The van der Waals surface area contributed by atoms with E-state index in [0.717, 1.165) is 28.7 Å². The molecule has 4 nitrogen and oxygen atoms in total. The summed E-state index contributed by atoms with van der Waals surface area (Å²) in [5, 5.41) is 9.13. The van der Waals surface area contributed by atoms with E-state index in [1.165, 1.54) is 6.08 Å². The van der Waals surface area contributed by atoms with Crippen LogP contribution in [0.4, 0.5) is 0 Å². The molecule has 1 N–H and O–H groups in total. The topological polar surface area (TPSA) is 55.1 Å². The molecule has 19 heavy (non-hydrogen) atoms. The second-order valence-electron chi connectivity index (χ2n) is 4.17. The SMILES string of the molecule is Cc1ncn(-c2ccc(/C=C/C(=O)O)cc2Cl)c1C. The van der Waals surface area contributed by atoms with Gasteiger partial charge in [-0.05, 0) is 37.6 Å². The lowest BCUT2D eigenvalue weighted by Crippen LogP contribution is -1.96. The van der Waals surface area contributed by atoms with Gasteiger partial charge in [0, 0.05) is 11.8 Å². The summed E-state index contributed by atoms with van der Waals surface area (Å²) >= 11 is 6.23. The number of carboxylic acid groups (broad SMARTS) is 1. The smallest absolute Gasteiger partial charge is 0.328 e. The Balaban J connectivity index is 2.40. The van der Waals surface area contributed by atoms with Crippen molar-refractivity contribution >= 4 is 23.6 Å². The number of hydrogen-bond donors (Lipinski definition) is 1. The molecule has 0 spiro atoms. The van der Waals surface area contributed by atoms with E-state index >= 15 is 0 Å². The number of halogens is 1. The van der Waals surface area contributed by atoms with Crippen LogP contribution in [0.15, 0.2) is 30.6 Å². The summed E-state index contributed by atoms with van der Waals surface area (Å²) in [5.74, 6) is -0.985. The number of aromatic nitrogens is 2. The fourth-order valence-corrected chi connectivity index (χ4v) is 2.01. The number of aliphatic carboxylic acids is 1. The molecular formula is C14H13ClN2O2. The Bertz CT molecular complexity index is 659. The van der Waals surface area contributed by atoms with E-state index in [4.69, 9.17) is 16.7 Å². The number of aryl methyl sites for hydroxylation is 1. The highest BCUT2D eigenvalue weighted by molar-refractivity contribution is 6.32. The second-order valence-corrected chi connectivity index (χ2v) is 4.58. The van der Waals surface area contributed by atoms with E-state index < -0.39 is 5.97 Å². The molecule has 1 heterocycles. The minimum absolute atomic E-state index is 0.549. The first-order valence-corrected chi connectivity index (χ1v) is 6.08. The average Bonchev–Trinajstić information content (AvgIpc) is 2.68. The summed E-state index contributed by atoms with van der Waals surface area (Å²) in [6.45, 7) is 3.90. The molecule has 1 aromatic heterocycles. The van der Waals surface area contributed by atoms with Crippen LogP contribution in [0.5, 0.6) is 0 Å². The Morgan fingerprint density at radius 3 is 2.68 bits per heavy atom. The number of benzene rings is 1. The van der Waals surface area contributed by atoms with Crippen molar-refractivity contribution in [2.75, 3.05) is 0 Å². The first-order chi connectivity index (χ1) is 8.99. The van der Waals surface area contributed by atoms with Crippen LogP contribution in [-0.2, 0) is 4.79 Å². The molecule has 0 fully saturated rings. The third kappa shape index (κ3) is 2.85. The molecule has 0 aliphatic rings. The van der Waals surface area contributed by atoms with Gasteiger partial charge < -0.3 is 9.67 Å². The third-order valence-electron chi connectivity index (χ3n) is 2.90. The minimum atomic E-state index is -0.985. The average molecular weight is 277 g/mol. The predicted molar refractivity (Wildman–Crippen MR) is 74.7 cm³/mol. The van der Waals surface area contributed by atoms with Crippen molar-refractivity contribution in [3.8, 4) is 5.69 Å². The standard InChI is InChI=1S/C14H13ClN2O2/c1-9-10(2)17(8-16-9)13-5-3-11(7-12(13)15)4-6-14(18)19/h3-8H,1-2H3,(H,18,19)/b6-4+. The Morgan fingerprint density at radius 1 is 1.42 bits per heavy atom. The van der Waals surface area contributed by atoms with Gasteiger partial charge in [0.2, 0.25) is 0 Å². The van der Waals surface area contributed by atoms with Crippen LogP contribution in [0.3, 0.4) is 0 Å². The number of rotatable bonds is 3. The van der Waals surface area contributed by atoms with Gasteiger partial charge in [-0.1, -0.05) is 17.7 Å². The van der Waals surface area contributed by atoms with Crippen LogP contribution in [-0.4, -0.2) is 20.6 Å². The van der Waals surface area contributed by atoms with E-state index in [9.17, 15) is 4.79 Å². The zero-order valence-electron chi connectivity index (χ0n) is 10.6. The van der Waals surface area contributed by atoms with Crippen molar-refractivity contribution in [3.63, 3.8) is 0 Å². The number of imidazole rings is 1. The monoisotopic (exact) mass is 276 g/mol. The maximum Gasteiger partial charge on any atom is 0.328 e. The van der Waals surface area contributed by atoms with Gasteiger partial charge in [-0.15, -0.1) is 0 Å². The summed E-state index contributed by atoms with van der Waals surface area (Å²) in [7, 11) is 0. The molecule has 0 aliphatic carbocycles. The molecule has 1 aromatic carbocycles. The van der Waals surface area contributed by atoms with E-state index in [0.29, 0.717) is 5.02 Å². The first-order valence-electron chi connectivity index (χ1n) is 5.70. The summed E-state index contributed by atoms with van der Waals surface area (Å²) in [5.41, 5.74) is 3.54. The maximum atomic E-state index is 10.5. The van der Waals surface area contributed by atoms with Crippen LogP contribution >= 0.6 is 11.6 Å². The summed E-state index contributed by atoms with van der Waals surface area (Å²) in [6.07, 6.45) is 4.31. The molecule has 98 valence electrons. The third-order valence-corrected chi connectivity index (χ3v) is 3.20. The Hall–Kier alpha value is -2.07. The van der Waals surface area contributed by atoms with Crippen molar-refractivity contribution in [1.82, 2.24) is 9.55 Å². The van der Waals surface area contributed by atoms with Crippen LogP contribution in [0.1, 0.15) is 17.0 Å². The van der Waals surface area contributed by atoms with Gasteiger partial charge in [0.1, 0.15) is 0 Å². The van der Waals surface area contributed by atoms with E-state index in [1.807, 2.05) is 30.5 Å². The quantitative estimate of drug-likeness (QED) is 0.876. The number of nitrogens with zero attached hydrogens (tertiary/aromatic N) is 2. The maximum absolute atomic E-state index is 10.5. The molecule has 0 amide bonds. The lowest BCUT2D eigenvalue weighted by Gasteiger charge is -2.08. The molecule has 0 aliphatic heterocycles. The van der Waals surface area contributed by atoms with Gasteiger partial charge in [0.15, 0.2) is 0 Å². The fourth-order valence-electron chi connectivity index (χ4n) is 1.73.